The van der Waals surface area contributed by atoms with E-state index < -0.39 is 32.3 Å². The molecule has 11 heteroatoms. The topological polar surface area (TPSA) is 61.8 Å². The van der Waals surface area contributed by atoms with Crippen LogP contribution in [0.15, 0.2) is 46.9 Å². The zero-order valence-electron chi connectivity index (χ0n) is 12.5. The maximum absolute atomic E-state index is 13.4. The van der Waals surface area contributed by atoms with E-state index in [1.165, 1.54) is 6.07 Å². The standard InChI is InChI=1S/C14H10ClF4N3O2S/c1-25(23,24)13(8-2-3-11(16)10(15)4-8)5-12-20-6-9(14(17,18)19)7-22(12)21-13/h2-7,21H,1H3. The van der Waals surface area contributed by atoms with Crippen molar-refractivity contribution in [2.24, 2.45) is 4.99 Å². The normalized spacial score (nSPS) is 23.4. The fourth-order valence-corrected chi connectivity index (χ4v) is 3.77. The third-order valence-corrected chi connectivity index (χ3v) is 5.63. The summed E-state index contributed by atoms with van der Waals surface area (Å²) in [5.41, 5.74) is 1.48. The van der Waals surface area contributed by atoms with Crippen molar-refractivity contribution in [1.29, 1.82) is 0 Å². The Hall–Kier alpha value is -1.91. The molecule has 0 bridgehead atoms. The van der Waals surface area contributed by atoms with Gasteiger partial charge in [-0.15, -0.1) is 0 Å². The fraction of sp³-hybridized carbons (Fsp3) is 0.214. The van der Waals surface area contributed by atoms with E-state index in [0.717, 1.165) is 29.5 Å². The van der Waals surface area contributed by atoms with Crippen LogP contribution in [0.1, 0.15) is 5.56 Å². The molecular weight excluding hydrogens is 386 g/mol. The van der Waals surface area contributed by atoms with Crippen molar-refractivity contribution in [1.82, 2.24) is 10.4 Å². The average Bonchev–Trinajstić information content (AvgIpc) is 2.88. The van der Waals surface area contributed by atoms with Crippen LogP contribution in [-0.4, -0.2) is 32.1 Å². The summed E-state index contributed by atoms with van der Waals surface area (Å²) in [6.07, 6.45) is -1.32. The number of sulfone groups is 1. The number of benzene rings is 1. The van der Waals surface area contributed by atoms with E-state index in [2.05, 4.69) is 10.4 Å². The van der Waals surface area contributed by atoms with Gasteiger partial charge in [0, 0.05) is 24.7 Å². The smallest absolute Gasteiger partial charge is 0.264 e. The number of nitrogens with zero attached hydrogens (tertiary/aromatic N) is 2. The molecule has 3 rings (SSSR count). The first-order valence-corrected chi connectivity index (χ1v) is 8.99. The number of alkyl halides is 3. The number of fused-ring (bicyclic) bond motifs is 1. The molecule has 1 N–H and O–H groups in total. The minimum atomic E-state index is -4.65. The number of hydrogen-bond acceptors (Lipinski definition) is 5. The first kappa shape index (κ1) is 17.9. The molecule has 1 atom stereocenters. The van der Waals surface area contributed by atoms with Crippen molar-refractivity contribution >= 4 is 27.7 Å². The van der Waals surface area contributed by atoms with Crippen LogP contribution in [0.3, 0.4) is 0 Å². The van der Waals surface area contributed by atoms with Crippen LogP contribution < -0.4 is 5.43 Å². The van der Waals surface area contributed by atoms with Crippen molar-refractivity contribution in [3.8, 4) is 0 Å². The third kappa shape index (κ3) is 2.94. The molecule has 1 aromatic rings. The molecule has 0 fully saturated rings. The number of hydrogen-bond donors (Lipinski definition) is 1. The van der Waals surface area contributed by atoms with Crippen molar-refractivity contribution in [2.45, 2.75) is 11.0 Å². The van der Waals surface area contributed by atoms with E-state index in [4.69, 9.17) is 11.6 Å². The first-order valence-electron chi connectivity index (χ1n) is 6.72. The highest BCUT2D eigenvalue weighted by atomic mass is 35.5. The minimum absolute atomic E-state index is 0.0421. The van der Waals surface area contributed by atoms with Crippen LogP contribution in [0.25, 0.3) is 0 Å². The molecule has 0 spiro atoms. The molecule has 2 heterocycles. The van der Waals surface area contributed by atoms with Gasteiger partial charge in [0.15, 0.2) is 14.7 Å². The van der Waals surface area contributed by atoms with E-state index >= 15 is 0 Å². The molecule has 25 heavy (non-hydrogen) atoms. The highest BCUT2D eigenvalue weighted by Gasteiger charge is 2.49. The summed E-state index contributed by atoms with van der Waals surface area (Å²) in [6.45, 7) is 0. The molecule has 0 aromatic heterocycles. The first-order chi connectivity index (χ1) is 11.4. The van der Waals surface area contributed by atoms with Crippen molar-refractivity contribution in [2.75, 3.05) is 6.26 Å². The van der Waals surface area contributed by atoms with E-state index in [9.17, 15) is 26.0 Å². The van der Waals surface area contributed by atoms with Crippen LogP contribution in [0, 0.1) is 5.82 Å². The number of rotatable bonds is 2. The lowest BCUT2D eigenvalue weighted by atomic mass is 10.1. The Morgan fingerprint density at radius 1 is 1.32 bits per heavy atom. The summed E-state index contributed by atoms with van der Waals surface area (Å²) in [7, 11) is -3.95. The Kier molecular flexibility index (Phi) is 3.97. The minimum Gasteiger partial charge on any atom is -0.264 e. The molecule has 0 saturated carbocycles. The maximum Gasteiger partial charge on any atom is 0.419 e. The van der Waals surface area contributed by atoms with E-state index in [-0.39, 0.29) is 16.4 Å². The largest absolute Gasteiger partial charge is 0.419 e. The zero-order chi connectivity index (χ0) is 18.6. The summed E-state index contributed by atoms with van der Waals surface area (Å²) in [5.74, 6) is -0.798. The Balaban J connectivity index is 2.13. The Bertz CT molecular complexity index is 940. The second-order valence-corrected chi connectivity index (χ2v) is 8.06. The van der Waals surface area contributed by atoms with Crippen molar-refractivity contribution < 1.29 is 26.0 Å². The van der Waals surface area contributed by atoms with E-state index in [0.29, 0.717) is 12.4 Å². The van der Waals surface area contributed by atoms with E-state index in [1.807, 2.05) is 0 Å². The second kappa shape index (κ2) is 5.55. The molecule has 1 unspecified atom stereocenters. The molecule has 0 radical (unpaired) electrons. The Labute approximate surface area is 145 Å². The number of nitrogens with one attached hydrogen (secondary N) is 1. The quantitative estimate of drug-likeness (QED) is 0.782. The lowest BCUT2D eigenvalue weighted by molar-refractivity contribution is -0.0869. The lowest BCUT2D eigenvalue weighted by Crippen LogP contribution is -2.48. The number of hydrazine groups is 1. The van der Waals surface area contributed by atoms with Gasteiger partial charge in [0.25, 0.3) is 0 Å². The van der Waals surface area contributed by atoms with Gasteiger partial charge < -0.3 is 0 Å². The Morgan fingerprint density at radius 3 is 2.56 bits per heavy atom. The second-order valence-electron chi connectivity index (χ2n) is 5.46. The highest BCUT2D eigenvalue weighted by Crippen LogP contribution is 2.39. The summed E-state index contributed by atoms with van der Waals surface area (Å²) in [4.78, 5) is 1.72. The predicted octanol–water partition coefficient (Wildman–Crippen LogP) is 2.87. The summed E-state index contributed by atoms with van der Waals surface area (Å²) < 4.78 is 76.7. The summed E-state index contributed by atoms with van der Waals surface area (Å²) in [5, 5.41) is 0.543. The van der Waals surface area contributed by atoms with Crippen molar-refractivity contribution in [3.63, 3.8) is 0 Å². The number of aliphatic imine (C=N–C) groups is 1. The molecule has 134 valence electrons. The molecule has 5 nitrogen and oxygen atoms in total. The van der Waals surface area contributed by atoms with Gasteiger partial charge in [-0.3, -0.25) is 5.01 Å². The van der Waals surface area contributed by atoms with Crippen LogP contribution in [0.2, 0.25) is 5.02 Å². The molecule has 0 aliphatic carbocycles. The predicted molar refractivity (Wildman–Crippen MR) is 83.6 cm³/mol. The number of allylic oxidation sites excluding steroid dienone is 1. The maximum atomic E-state index is 13.4. The van der Waals surface area contributed by atoms with Crippen LogP contribution in [-0.2, 0) is 14.7 Å². The molecular formula is C14H10ClF4N3O2S. The van der Waals surface area contributed by atoms with Crippen molar-refractivity contribution in [3.05, 3.63) is 58.3 Å². The SMILES string of the molecule is CS(=O)(=O)C1(c2ccc(F)c(Cl)c2)C=C2N=CC(C(F)(F)F)=CN2N1. The molecule has 1 aromatic carbocycles. The van der Waals surface area contributed by atoms with Gasteiger partial charge in [-0.1, -0.05) is 17.7 Å². The molecule has 0 amide bonds. The lowest BCUT2D eigenvalue weighted by Gasteiger charge is -2.29. The summed E-state index contributed by atoms with van der Waals surface area (Å²) >= 11 is 5.72. The van der Waals surface area contributed by atoms with E-state index in [1.54, 1.807) is 0 Å². The monoisotopic (exact) mass is 395 g/mol. The highest BCUT2D eigenvalue weighted by molar-refractivity contribution is 7.91. The number of halogens is 5. The van der Waals surface area contributed by atoms with Gasteiger partial charge in [0.2, 0.25) is 0 Å². The zero-order valence-corrected chi connectivity index (χ0v) is 14.0. The molecule has 2 aliphatic rings. The van der Waals surface area contributed by atoms with Gasteiger partial charge >= 0.3 is 6.18 Å². The average molecular weight is 396 g/mol. The summed E-state index contributed by atoms with van der Waals surface area (Å²) in [6, 6.07) is 3.25. The fourth-order valence-electron chi connectivity index (χ4n) is 2.45. The van der Waals surface area contributed by atoms with Gasteiger partial charge in [-0.2, -0.15) is 18.6 Å². The van der Waals surface area contributed by atoms with Crippen LogP contribution in [0.4, 0.5) is 17.6 Å². The Morgan fingerprint density at radius 2 is 2.00 bits per heavy atom. The van der Waals surface area contributed by atoms with Crippen LogP contribution in [0.5, 0.6) is 0 Å². The van der Waals surface area contributed by atoms with Gasteiger partial charge in [0.1, 0.15) is 11.6 Å². The molecule has 0 saturated heterocycles. The van der Waals surface area contributed by atoms with Crippen LogP contribution >= 0.6 is 11.6 Å². The van der Waals surface area contributed by atoms with Gasteiger partial charge in [0.05, 0.1) is 10.6 Å². The van der Waals surface area contributed by atoms with Gasteiger partial charge in [-0.05, 0) is 17.7 Å². The van der Waals surface area contributed by atoms with Gasteiger partial charge in [-0.25, -0.2) is 17.8 Å². The third-order valence-electron chi connectivity index (χ3n) is 3.73. The molecule has 2 aliphatic heterocycles.